The number of nitrogens with one attached hydrogen (secondary N) is 2. The third-order valence-corrected chi connectivity index (χ3v) is 4.12. The molecule has 0 bridgehead atoms. The number of hydrogen-bond donors (Lipinski definition) is 3. The molecule has 0 heterocycles. The number of amides is 1. The molecular formula is C21H17ClN2O2. The van der Waals surface area contributed by atoms with Gasteiger partial charge in [-0.3, -0.25) is 10.2 Å². The fourth-order valence-electron chi connectivity index (χ4n) is 2.59. The normalized spacial score (nSPS) is 10.3. The zero-order valence-corrected chi connectivity index (χ0v) is 14.6. The Morgan fingerprint density at radius 3 is 2.38 bits per heavy atom. The molecule has 3 N–H and O–H groups in total. The number of aromatic hydroxyl groups is 1. The smallest absolute Gasteiger partial charge is 0.228 e. The molecule has 0 aromatic heterocycles. The van der Waals surface area contributed by atoms with Gasteiger partial charge in [0, 0.05) is 16.1 Å². The zero-order chi connectivity index (χ0) is 18.5. The summed E-state index contributed by atoms with van der Waals surface area (Å²) in [5.74, 6) is -0.0395. The summed E-state index contributed by atoms with van der Waals surface area (Å²) >= 11 is 6.09. The SMILES string of the molecule is N=C(c1ccc(O)cc1)c1cc(Cl)ccc1NC(=O)Cc1ccccc1. The topological polar surface area (TPSA) is 73.2 Å². The Hall–Kier alpha value is -3.11. The molecule has 0 aliphatic rings. The monoisotopic (exact) mass is 364 g/mol. The van der Waals surface area contributed by atoms with E-state index in [1.807, 2.05) is 30.3 Å². The maximum Gasteiger partial charge on any atom is 0.228 e. The number of phenols is 1. The Morgan fingerprint density at radius 2 is 1.69 bits per heavy atom. The summed E-state index contributed by atoms with van der Waals surface area (Å²) in [6, 6.07) is 20.8. The van der Waals surface area contributed by atoms with Crippen molar-refractivity contribution in [2.24, 2.45) is 0 Å². The molecule has 3 aromatic rings. The molecule has 0 unspecified atom stereocenters. The Morgan fingerprint density at radius 1 is 1.00 bits per heavy atom. The maximum atomic E-state index is 12.4. The molecule has 3 rings (SSSR count). The third-order valence-electron chi connectivity index (χ3n) is 3.89. The van der Waals surface area contributed by atoms with Gasteiger partial charge in [0.05, 0.1) is 17.8 Å². The first kappa shape index (κ1) is 17.7. The van der Waals surface area contributed by atoms with E-state index in [2.05, 4.69) is 5.32 Å². The van der Waals surface area contributed by atoms with Crippen LogP contribution in [-0.4, -0.2) is 16.7 Å². The number of halogens is 1. The van der Waals surface area contributed by atoms with E-state index in [9.17, 15) is 9.90 Å². The van der Waals surface area contributed by atoms with Crippen LogP contribution in [0.15, 0.2) is 72.8 Å². The number of carbonyl (C=O) groups excluding carboxylic acids is 1. The average Bonchev–Trinajstić information content (AvgIpc) is 2.64. The Balaban J connectivity index is 1.85. The van der Waals surface area contributed by atoms with Gasteiger partial charge < -0.3 is 10.4 Å². The predicted molar refractivity (Wildman–Crippen MR) is 104 cm³/mol. The first-order valence-electron chi connectivity index (χ1n) is 8.04. The number of hydrogen-bond acceptors (Lipinski definition) is 3. The summed E-state index contributed by atoms with van der Waals surface area (Å²) in [4.78, 5) is 12.4. The number of carbonyl (C=O) groups is 1. The van der Waals surface area contributed by atoms with Gasteiger partial charge in [-0.2, -0.15) is 0 Å². The van der Waals surface area contributed by atoms with E-state index in [1.54, 1.807) is 30.3 Å². The highest BCUT2D eigenvalue weighted by Gasteiger charge is 2.14. The van der Waals surface area contributed by atoms with Crippen molar-refractivity contribution in [1.29, 1.82) is 5.41 Å². The van der Waals surface area contributed by atoms with E-state index in [0.717, 1.165) is 5.56 Å². The minimum absolute atomic E-state index is 0.129. The van der Waals surface area contributed by atoms with Crippen molar-refractivity contribution in [2.75, 3.05) is 5.32 Å². The Kier molecular flexibility index (Phi) is 5.34. The molecule has 3 aromatic carbocycles. The van der Waals surface area contributed by atoms with Crippen molar-refractivity contribution in [3.05, 3.63) is 94.5 Å². The first-order chi connectivity index (χ1) is 12.5. The van der Waals surface area contributed by atoms with E-state index in [1.165, 1.54) is 12.1 Å². The van der Waals surface area contributed by atoms with Gasteiger partial charge in [0.25, 0.3) is 0 Å². The number of benzene rings is 3. The second-order valence-electron chi connectivity index (χ2n) is 5.82. The average molecular weight is 365 g/mol. The van der Waals surface area contributed by atoms with E-state index >= 15 is 0 Å². The summed E-state index contributed by atoms with van der Waals surface area (Å²) in [5, 5.41) is 21.2. The fraction of sp³-hybridized carbons (Fsp3) is 0.0476. The number of phenolic OH excluding ortho intramolecular Hbond substituents is 1. The van der Waals surface area contributed by atoms with E-state index in [4.69, 9.17) is 17.0 Å². The zero-order valence-electron chi connectivity index (χ0n) is 13.9. The van der Waals surface area contributed by atoms with Gasteiger partial charge >= 0.3 is 0 Å². The lowest BCUT2D eigenvalue weighted by molar-refractivity contribution is -0.115. The highest BCUT2D eigenvalue weighted by Crippen LogP contribution is 2.24. The van der Waals surface area contributed by atoms with Gasteiger partial charge in [-0.05, 0) is 48.0 Å². The standard InChI is InChI=1S/C21H17ClN2O2/c22-16-8-11-19(24-20(26)12-14-4-2-1-3-5-14)18(13-16)21(23)15-6-9-17(25)10-7-15/h1-11,13,23,25H,12H2,(H,24,26). The van der Waals surface area contributed by atoms with E-state index in [0.29, 0.717) is 21.8 Å². The predicted octanol–water partition coefficient (Wildman–Crippen LogP) is 4.64. The van der Waals surface area contributed by atoms with Crippen LogP contribution in [0.1, 0.15) is 16.7 Å². The molecule has 0 radical (unpaired) electrons. The highest BCUT2D eigenvalue weighted by molar-refractivity contribution is 6.31. The molecule has 0 saturated heterocycles. The van der Waals surface area contributed by atoms with Crippen molar-refractivity contribution in [2.45, 2.75) is 6.42 Å². The molecule has 0 aliphatic carbocycles. The second-order valence-corrected chi connectivity index (χ2v) is 6.26. The van der Waals surface area contributed by atoms with Crippen LogP contribution in [0, 0.1) is 5.41 Å². The largest absolute Gasteiger partial charge is 0.508 e. The molecule has 130 valence electrons. The number of anilines is 1. The van der Waals surface area contributed by atoms with Crippen molar-refractivity contribution in [3.8, 4) is 5.75 Å². The lowest BCUT2D eigenvalue weighted by atomic mass is 10.0. The Labute approximate surface area is 156 Å². The van der Waals surface area contributed by atoms with Crippen molar-refractivity contribution >= 4 is 28.9 Å². The quantitative estimate of drug-likeness (QED) is 0.577. The molecular weight excluding hydrogens is 348 g/mol. The van der Waals surface area contributed by atoms with E-state index in [-0.39, 0.29) is 23.8 Å². The molecule has 4 nitrogen and oxygen atoms in total. The van der Waals surface area contributed by atoms with Gasteiger partial charge in [-0.1, -0.05) is 41.9 Å². The van der Waals surface area contributed by atoms with Gasteiger partial charge in [0.15, 0.2) is 0 Å². The van der Waals surface area contributed by atoms with Crippen LogP contribution < -0.4 is 5.32 Å². The molecule has 0 fully saturated rings. The van der Waals surface area contributed by atoms with Gasteiger partial charge in [0.1, 0.15) is 5.75 Å². The van der Waals surface area contributed by atoms with Crippen molar-refractivity contribution < 1.29 is 9.90 Å². The highest BCUT2D eigenvalue weighted by atomic mass is 35.5. The lowest BCUT2D eigenvalue weighted by Gasteiger charge is -2.13. The van der Waals surface area contributed by atoms with Gasteiger partial charge in [-0.25, -0.2) is 0 Å². The molecule has 0 spiro atoms. The minimum atomic E-state index is -0.168. The minimum Gasteiger partial charge on any atom is -0.508 e. The van der Waals surface area contributed by atoms with Crippen LogP contribution in [0.5, 0.6) is 5.75 Å². The van der Waals surface area contributed by atoms with Crippen LogP contribution in [0.3, 0.4) is 0 Å². The van der Waals surface area contributed by atoms with Gasteiger partial charge in [0.2, 0.25) is 5.91 Å². The van der Waals surface area contributed by atoms with Crippen LogP contribution in [0.25, 0.3) is 0 Å². The van der Waals surface area contributed by atoms with Crippen LogP contribution >= 0.6 is 11.6 Å². The molecule has 0 atom stereocenters. The van der Waals surface area contributed by atoms with Crippen LogP contribution in [0.4, 0.5) is 5.69 Å². The summed E-state index contributed by atoms with van der Waals surface area (Å²) in [6.07, 6.45) is 0.245. The molecule has 0 aliphatic heterocycles. The molecule has 0 saturated carbocycles. The molecule has 5 heteroatoms. The van der Waals surface area contributed by atoms with Crippen LogP contribution in [0.2, 0.25) is 5.02 Å². The second kappa shape index (κ2) is 7.85. The molecule has 26 heavy (non-hydrogen) atoms. The summed E-state index contributed by atoms with van der Waals surface area (Å²) < 4.78 is 0. The van der Waals surface area contributed by atoms with Crippen LogP contribution in [-0.2, 0) is 11.2 Å². The Bertz CT molecular complexity index is 938. The summed E-state index contributed by atoms with van der Waals surface area (Å²) in [5.41, 5.74) is 2.78. The summed E-state index contributed by atoms with van der Waals surface area (Å²) in [7, 11) is 0. The fourth-order valence-corrected chi connectivity index (χ4v) is 2.76. The third kappa shape index (κ3) is 4.29. The maximum absolute atomic E-state index is 12.4. The van der Waals surface area contributed by atoms with Crippen molar-refractivity contribution in [3.63, 3.8) is 0 Å². The van der Waals surface area contributed by atoms with Crippen molar-refractivity contribution in [1.82, 2.24) is 0 Å². The van der Waals surface area contributed by atoms with Gasteiger partial charge in [-0.15, -0.1) is 0 Å². The summed E-state index contributed by atoms with van der Waals surface area (Å²) in [6.45, 7) is 0. The number of rotatable bonds is 5. The van der Waals surface area contributed by atoms with E-state index < -0.39 is 0 Å². The first-order valence-corrected chi connectivity index (χ1v) is 8.42. The molecule has 1 amide bonds. The lowest BCUT2D eigenvalue weighted by Crippen LogP contribution is -2.17.